The van der Waals surface area contributed by atoms with E-state index in [4.69, 9.17) is 0 Å². The van der Waals surface area contributed by atoms with Crippen molar-refractivity contribution in [2.45, 2.75) is 24.7 Å². The van der Waals surface area contributed by atoms with Gasteiger partial charge in [-0.05, 0) is 29.0 Å². The van der Waals surface area contributed by atoms with Crippen LogP contribution in [0.25, 0.3) is 0 Å². The summed E-state index contributed by atoms with van der Waals surface area (Å²) in [4.78, 5) is 0.638. The third kappa shape index (κ3) is 2.59. The maximum Gasteiger partial charge on any atom is 0.137 e. The highest BCUT2D eigenvalue weighted by Gasteiger charge is 2.04. The highest BCUT2D eigenvalue weighted by atomic mass is 32.2. The largest absolute Gasteiger partial charge is 0.206 e. The summed E-state index contributed by atoms with van der Waals surface area (Å²) in [6, 6.07) is 5.35. The van der Waals surface area contributed by atoms with Gasteiger partial charge >= 0.3 is 0 Å². The molecule has 0 atom stereocenters. The molecule has 0 saturated carbocycles. The van der Waals surface area contributed by atoms with Crippen molar-refractivity contribution in [2.75, 3.05) is 0 Å². The Bertz CT molecular complexity index is 305. The summed E-state index contributed by atoms with van der Waals surface area (Å²) in [6.45, 7) is 7.65. The highest BCUT2D eigenvalue weighted by Crippen LogP contribution is 2.25. The molecule has 0 aliphatic rings. The summed E-state index contributed by atoms with van der Waals surface area (Å²) in [5, 5.41) is 1.63. The van der Waals surface area contributed by atoms with Gasteiger partial charge in [0.2, 0.25) is 0 Å². The molecule has 0 aliphatic heterocycles. The van der Waals surface area contributed by atoms with Crippen molar-refractivity contribution in [1.29, 1.82) is 0 Å². The van der Waals surface area contributed by atoms with Gasteiger partial charge in [-0.25, -0.2) is 4.39 Å². The predicted molar refractivity (Wildman–Crippen MR) is 56.5 cm³/mol. The van der Waals surface area contributed by atoms with E-state index in [1.54, 1.807) is 17.5 Å². The Kier molecular flexibility index (Phi) is 3.55. The van der Waals surface area contributed by atoms with E-state index < -0.39 is 0 Å². The van der Waals surface area contributed by atoms with E-state index in [2.05, 4.69) is 20.4 Å². The minimum atomic E-state index is -0.156. The topological polar surface area (TPSA) is 0 Å². The molecule has 70 valence electrons. The second-order valence-corrected chi connectivity index (χ2v) is 4.14. The lowest BCUT2D eigenvalue weighted by molar-refractivity contribution is 0.598. The molecule has 0 spiro atoms. The van der Waals surface area contributed by atoms with E-state index in [0.717, 1.165) is 5.56 Å². The van der Waals surface area contributed by atoms with Crippen molar-refractivity contribution in [3.63, 3.8) is 0 Å². The molecule has 13 heavy (non-hydrogen) atoms. The van der Waals surface area contributed by atoms with Crippen LogP contribution in [0, 0.1) is 5.82 Å². The highest BCUT2D eigenvalue weighted by molar-refractivity contribution is 8.02. The van der Waals surface area contributed by atoms with Crippen LogP contribution in [0.1, 0.15) is 25.3 Å². The number of benzene rings is 1. The minimum absolute atomic E-state index is 0.156. The Balaban J connectivity index is 2.98. The molecule has 0 N–H and O–H groups in total. The zero-order chi connectivity index (χ0) is 9.84. The first-order chi connectivity index (χ1) is 6.15. The first-order valence-corrected chi connectivity index (χ1v) is 5.10. The maximum atomic E-state index is 13.3. The van der Waals surface area contributed by atoms with E-state index in [-0.39, 0.29) is 5.82 Å². The molecule has 0 amide bonds. The van der Waals surface area contributed by atoms with E-state index in [1.807, 2.05) is 6.07 Å². The van der Waals surface area contributed by atoms with Crippen LogP contribution in [0.5, 0.6) is 0 Å². The molecule has 2 heteroatoms. The quantitative estimate of drug-likeness (QED) is 0.653. The smallest absolute Gasteiger partial charge is 0.137 e. The van der Waals surface area contributed by atoms with Gasteiger partial charge in [0.25, 0.3) is 0 Å². The normalized spacial score (nSPS) is 10.5. The Morgan fingerprint density at radius 1 is 1.46 bits per heavy atom. The molecule has 1 aromatic carbocycles. The second kappa shape index (κ2) is 4.47. The lowest BCUT2D eigenvalue weighted by atomic mass is 10.0. The lowest BCUT2D eigenvalue weighted by Gasteiger charge is -2.06. The fraction of sp³-hybridized carbons (Fsp3) is 0.273. The number of hydrogen-bond acceptors (Lipinski definition) is 1. The number of halogens is 1. The number of rotatable bonds is 3. The van der Waals surface area contributed by atoms with Crippen molar-refractivity contribution >= 4 is 11.8 Å². The molecule has 0 unspecified atom stereocenters. The molecule has 0 saturated heterocycles. The van der Waals surface area contributed by atoms with Crippen LogP contribution in [0.15, 0.2) is 35.1 Å². The summed E-state index contributed by atoms with van der Waals surface area (Å²) in [5.41, 5.74) is 1.03. The van der Waals surface area contributed by atoms with Gasteiger partial charge in [0.05, 0.1) is 0 Å². The van der Waals surface area contributed by atoms with Crippen molar-refractivity contribution in [2.24, 2.45) is 0 Å². The van der Waals surface area contributed by atoms with Crippen molar-refractivity contribution in [3.05, 3.63) is 41.6 Å². The Labute approximate surface area is 82.9 Å². The predicted octanol–water partition coefficient (Wildman–Crippen LogP) is 4.18. The monoisotopic (exact) mass is 196 g/mol. The molecular formula is C11H13FS. The molecular weight excluding hydrogens is 183 g/mol. The first kappa shape index (κ1) is 10.3. The van der Waals surface area contributed by atoms with Gasteiger partial charge in [-0.2, -0.15) is 0 Å². The molecule has 0 bridgehead atoms. The van der Waals surface area contributed by atoms with Crippen LogP contribution < -0.4 is 0 Å². The van der Waals surface area contributed by atoms with Crippen LogP contribution in [0.3, 0.4) is 0 Å². The third-order valence-corrected chi connectivity index (χ3v) is 2.58. The molecule has 0 fully saturated rings. The SMILES string of the molecule is C=CSc1ccc(C(C)C)cc1F. The van der Waals surface area contributed by atoms with Gasteiger partial charge in [0, 0.05) is 4.90 Å². The summed E-state index contributed by atoms with van der Waals surface area (Å²) >= 11 is 1.31. The Morgan fingerprint density at radius 2 is 2.15 bits per heavy atom. The van der Waals surface area contributed by atoms with Gasteiger partial charge in [0.15, 0.2) is 0 Å². The van der Waals surface area contributed by atoms with Crippen molar-refractivity contribution in [1.82, 2.24) is 0 Å². The summed E-state index contributed by atoms with van der Waals surface area (Å²) < 4.78 is 13.3. The average Bonchev–Trinajstić information content (AvgIpc) is 2.08. The number of thioether (sulfide) groups is 1. The van der Waals surface area contributed by atoms with Gasteiger partial charge in [0.1, 0.15) is 5.82 Å². The Hall–Kier alpha value is -0.760. The molecule has 0 heterocycles. The fourth-order valence-corrected chi connectivity index (χ4v) is 1.56. The van der Waals surface area contributed by atoms with Crippen LogP contribution in [0.4, 0.5) is 4.39 Å². The third-order valence-electron chi connectivity index (χ3n) is 1.83. The summed E-state index contributed by atoms with van der Waals surface area (Å²) in [6.07, 6.45) is 0. The van der Waals surface area contributed by atoms with E-state index >= 15 is 0 Å². The van der Waals surface area contributed by atoms with Crippen LogP contribution in [0.2, 0.25) is 0 Å². The fourth-order valence-electron chi connectivity index (χ4n) is 1.06. The maximum absolute atomic E-state index is 13.3. The molecule has 0 aliphatic carbocycles. The Morgan fingerprint density at radius 3 is 2.62 bits per heavy atom. The summed E-state index contributed by atoms with van der Waals surface area (Å²) in [7, 11) is 0. The molecule has 0 aromatic heterocycles. The van der Waals surface area contributed by atoms with Gasteiger partial charge in [-0.1, -0.05) is 38.3 Å². The van der Waals surface area contributed by atoms with Gasteiger partial charge in [-0.15, -0.1) is 0 Å². The van der Waals surface area contributed by atoms with Crippen LogP contribution >= 0.6 is 11.8 Å². The van der Waals surface area contributed by atoms with Gasteiger partial charge < -0.3 is 0 Å². The average molecular weight is 196 g/mol. The van der Waals surface area contributed by atoms with E-state index in [0.29, 0.717) is 10.8 Å². The lowest BCUT2D eigenvalue weighted by Crippen LogP contribution is -1.89. The van der Waals surface area contributed by atoms with Gasteiger partial charge in [-0.3, -0.25) is 0 Å². The second-order valence-electron chi connectivity index (χ2n) is 3.13. The number of hydrogen-bond donors (Lipinski definition) is 0. The first-order valence-electron chi connectivity index (χ1n) is 4.22. The summed E-state index contributed by atoms with van der Waals surface area (Å²) in [5.74, 6) is 0.216. The van der Waals surface area contributed by atoms with E-state index in [9.17, 15) is 4.39 Å². The molecule has 1 aromatic rings. The van der Waals surface area contributed by atoms with E-state index in [1.165, 1.54) is 11.8 Å². The van der Waals surface area contributed by atoms with Crippen LogP contribution in [-0.4, -0.2) is 0 Å². The van der Waals surface area contributed by atoms with Crippen molar-refractivity contribution in [3.8, 4) is 0 Å². The zero-order valence-corrected chi connectivity index (χ0v) is 8.70. The molecule has 1 rings (SSSR count). The minimum Gasteiger partial charge on any atom is -0.206 e. The molecule has 0 radical (unpaired) electrons. The molecule has 0 nitrogen and oxygen atoms in total. The van der Waals surface area contributed by atoms with Crippen molar-refractivity contribution < 1.29 is 4.39 Å². The zero-order valence-electron chi connectivity index (χ0n) is 7.88. The standard InChI is InChI=1S/C11H13FS/c1-4-13-11-6-5-9(8(2)3)7-10(11)12/h4-8H,1H2,2-3H3. The van der Waals surface area contributed by atoms with Crippen LogP contribution in [-0.2, 0) is 0 Å².